The van der Waals surface area contributed by atoms with Crippen LogP contribution in [-0.2, 0) is 0 Å². The van der Waals surface area contributed by atoms with E-state index in [0.29, 0.717) is 23.1 Å². The number of rotatable bonds is 6. The number of anilines is 6. The molecular formula is C24H23N7O. The Morgan fingerprint density at radius 2 is 1.31 bits per heavy atom. The Balaban J connectivity index is 1.36. The number of nitrogens with one attached hydrogen (secondary N) is 4. The number of carbonyl (C=O) groups excluding carboxylic acids is 1. The fourth-order valence-corrected chi connectivity index (χ4v) is 3.03. The summed E-state index contributed by atoms with van der Waals surface area (Å²) in [6.07, 6.45) is 3.22. The van der Waals surface area contributed by atoms with Crippen LogP contribution in [0.4, 0.5) is 39.3 Å². The summed E-state index contributed by atoms with van der Waals surface area (Å²) in [5, 5.41) is 12.0. The van der Waals surface area contributed by atoms with Gasteiger partial charge in [-0.25, -0.2) is 19.7 Å². The molecule has 0 aliphatic heterocycles. The molecule has 0 saturated carbocycles. The van der Waals surface area contributed by atoms with Crippen LogP contribution in [0.5, 0.6) is 0 Å². The Labute approximate surface area is 186 Å². The summed E-state index contributed by atoms with van der Waals surface area (Å²) in [6.45, 7) is 3.98. The number of aryl methyl sites for hydroxylation is 2. The number of urea groups is 1. The first kappa shape index (κ1) is 20.8. The van der Waals surface area contributed by atoms with Gasteiger partial charge in [-0.2, -0.15) is 0 Å². The fourth-order valence-electron chi connectivity index (χ4n) is 3.03. The molecule has 160 valence electrons. The number of amides is 2. The van der Waals surface area contributed by atoms with Gasteiger partial charge in [-0.15, -0.1) is 0 Å². The summed E-state index contributed by atoms with van der Waals surface area (Å²) >= 11 is 0. The van der Waals surface area contributed by atoms with Crippen LogP contribution < -0.4 is 21.3 Å². The highest BCUT2D eigenvalue weighted by atomic mass is 16.2. The second-order valence-electron chi connectivity index (χ2n) is 7.28. The highest BCUT2D eigenvalue weighted by Crippen LogP contribution is 2.20. The molecule has 0 saturated heterocycles. The molecular weight excluding hydrogens is 402 g/mol. The summed E-state index contributed by atoms with van der Waals surface area (Å²) in [7, 11) is 0. The van der Waals surface area contributed by atoms with Crippen molar-refractivity contribution in [1.29, 1.82) is 0 Å². The molecule has 32 heavy (non-hydrogen) atoms. The number of nitrogens with zero attached hydrogens (tertiary/aromatic N) is 3. The third kappa shape index (κ3) is 5.79. The molecule has 4 N–H and O–H groups in total. The summed E-state index contributed by atoms with van der Waals surface area (Å²) in [5.74, 6) is 1.98. The van der Waals surface area contributed by atoms with Crippen molar-refractivity contribution >= 4 is 40.5 Å². The van der Waals surface area contributed by atoms with E-state index in [9.17, 15) is 4.79 Å². The standard InChI is InChI=1S/C24H23N7O/c1-16-4-3-5-20(12-16)30-24(32)29-19-8-6-18(7-9-19)28-22-14-23(27-15-26-22)31-21-13-17(2)10-11-25-21/h3-15H,1-2H3,(H2,29,30,32)(H2,25,26,27,28,31). The average Bonchev–Trinajstić information content (AvgIpc) is 2.75. The highest BCUT2D eigenvalue weighted by Gasteiger charge is 2.05. The van der Waals surface area contributed by atoms with Crippen molar-refractivity contribution in [3.05, 3.63) is 90.4 Å². The smallest absolute Gasteiger partial charge is 0.323 e. The first-order valence-corrected chi connectivity index (χ1v) is 10.1. The number of pyridine rings is 1. The zero-order valence-corrected chi connectivity index (χ0v) is 17.8. The lowest BCUT2D eigenvalue weighted by Crippen LogP contribution is -2.19. The van der Waals surface area contributed by atoms with Gasteiger partial charge in [0.25, 0.3) is 0 Å². The number of benzene rings is 2. The lowest BCUT2D eigenvalue weighted by molar-refractivity contribution is 0.262. The van der Waals surface area contributed by atoms with Crippen molar-refractivity contribution in [2.24, 2.45) is 0 Å². The average molecular weight is 425 g/mol. The van der Waals surface area contributed by atoms with E-state index < -0.39 is 0 Å². The van der Waals surface area contributed by atoms with Gasteiger partial charge in [-0.3, -0.25) is 0 Å². The minimum Gasteiger partial charge on any atom is -0.340 e. The van der Waals surface area contributed by atoms with Gasteiger partial charge in [0.2, 0.25) is 0 Å². The molecule has 0 fully saturated rings. The van der Waals surface area contributed by atoms with Crippen molar-refractivity contribution in [3.8, 4) is 0 Å². The van der Waals surface area contributed by atoms with Crippen LogP contribution in [-0.4, -0.2) is 21.0 Å². The zero-order valence-electron chi connectivity index (χ0n) is 17.8. The molecule has 0 bridgehead atoms. The van der Waals surface area contributed by atoms with E-state index in [4.69, 9.17) is 0 Å². The largest absolute Gasteiger partial charge is 0.340 e. The molecule has 2 aromatic carbocycles. The first-order chi connectivity index (χ1) is 15.5. The van der Waals surface area contributed by atoms with Crippen LogP contribution in [0.25, 0.3) is 0 Å². The van der Waals surface area contributed by atoms with Gasteiger partial charge < -0.3 is 21.3 Å². The molecule has 4 aromatic rings. The van der Waals surface area contributed by atoms with Crippen LogP contribution in [0.3, 0.4) is 0 Å². The minimum atomic E-state index is -0.299. The van der Waals surface area contributed by atoms with Gasteiger partial charge in [0, 0.05) is 29.3 Å². The Hall–Kier alpha value is -4.46. The molecule has 0 atom stereocenters. The summed E-state index contributed by atoms with van der Waals surface area (Å²) in [6, 6.07) is 20.4. The summed E-state index contributed by atoms with van der Waals surface area (Å²) < 4.78 is 0. The Kier molecular flexibility index (Phi) is 6.22. The second kappa shape index (κ2) is 9.57. The van der Waals surface area contributed by atoms with E-state index in [2.05, 4.69) is 36.2 Å². The molecule has 0 radical (unpaired) electrons. The van der Waals surface area contributed by atoms with Gasteiger partial charge in [-0.05, 0) is 73.5 Å². The van der Waals surface area contributed by atoms with Crippen LogP contribution >= 0.6 is 0 Å². The maximum Gasteiger partial charge on any atom is 0.323 e. The van der Waals surface area contributed by atoms with Crippen LogP contribution in [0.1, 0.15) is 11.1 Å². The topological polar surface area (TPSA) is 104 Å². The van der Waals surface area contributed by atoms with Crippen LogP contribution in [0, 0.1) is 13.8 Å². The summed E-state index contributed by atoms with van der Waals surface area (Å²) in [4.78, 5) is 25.0. The van der Waals surface area contributed by atoms with Gasteiger partial charge in [0.15, 0.2) is 0 Å². The Morgan fingerprint density at radius 1 is 0.656 bits per heavy atom. The lowest BCUT2D eigenvalue weighted by atomic mass is 10.2. The van der Waals surface area contributed by atoms with E-state index in [1.807, 2.05) is 74.5 Å². The van der Waals surface area contributed by atoms with Gasteiger partial charge in [-0.1, -0.05) is 12.1 Å². The van der Waals surface area contributed by atoms with E-state index in [1.54, 1.807) is 12.3 Å². The maximum atomic E-state index is 12.2. The predicted molar refractivity (Wildman–Crippen MR) is 128 cm³/mol. The SMILES string of the molecule is Cc1cccc(NC(=O)Nc2ccc(Nc3cc(Nc4cc(C)ccn4)ncn3)cc2)c1. The lowest BCUT2D eigenvalue weighted by Gasteiger charge is -2.10. The third-order valence-electron chi connectivity index (χ3n) is 4.53. The first-order valence-electron chi connectivity index (χ1n) is 10.1. The number of hydrogen-bond donors (Lipinski definition) is 4. The molecule has 8 heteroatoms. The second-order valence-corrected chi connectivity index (χ2v) is 7.28. The van der Waals surface area contributed by atoms with Crippen molar-refractivity contribution in [2.45, 2.75) is 13.8 Å². The normalized spacial score (nSPS) is 10.3. The Bertz CT molecular complexity index is 1220. The van der Waals surface area contributed by atoms with Gasteiger partial charge in [0.05, 0.1) is 0 Å². The molecule has 0 spiro atoms. The summed E-state index contributed by atoms with van der Waals surface area (Å²) in [5.41, 5.74) is 4.44. The molecule has 0 aliphatic carbocycles. The highest BCUT2D eigenvalue weighted by molar-refractivity contribution is 5.99. The predicted octanol–water partition coefficient (Wildman–Crippen LogP) is 5.62. The fraction of sp³-hybridized carbons (Fsp3) is 0.0833. The zero-order chi connectivity index (χ0) is 22.3. The van der Waals surface area contributed by atoms with Gasteiger partial charge >= 0.3 is 6.03 Å². The van der Waals surface area contributed by atoms with E-state index in [1.165, 1.54) is 6.33 Å². The molecule has 8 nitrogen and oxygen atoms in total. The monoisotopic (exact) mass is 425 g/mol. The van der Waals surface area contributed by atoms with Gasteiger partial charge in [0.1, 0.15) is 23.8 Å². The van der Waals surface area contributed by atoms with E-state index in [-0.39, 0.29) is 6.03 Å². The quantitative estimate of drug-likeness (QED) is 0.320. The number of aromatic nitrogens is 3. The Morgan fingerprint density at radius 3 is 2.06 bits per heavy atom. The van der Waals surface area contributed by atoms with Crippen molar-refractivity contribution in [1.82, 2.24) is 15.0 Å². The van der Waals surface area contributed by atoms with E-state index in [0.717, 1.165) is 22.5 Å². The number of hydrogen-bond acceptors (Lipinski definition) is 6. The number of carbonyl (C=O) groups is 1. The van der Waals surface area contributed by atoms with Crippen LogP contribution in [0.15, 0.2) is 79.3 Å². The molecule has 4 rings (SSSR count). The minimum absolute atomic E-state index is 0.299. The molecule has 2 aromatic heterocycles. The third-order valence-corrected chi connectivity index (χ3v) is 4.53. The molecule has 0 aliphatic rings. The van der Waals surface area contributed by atoms with E-state index >= 15 is 0 Å². The van der Waals surface area contributed by atoms with Crippen molar-refractivity contribution < 1.29 is 4.79 Å². The van der Waals surface area contributed by atoms with Crippen molar-refractivity contribution in [3.63, 3.8) is 0 Å². The maximum absolute atomic E-state index is 12.2. The van der Waals surface area contributed by atoms with Crippen LogP contribution in [0.2, 0.25) is 0 Å². The molecule has 0 unspecified atom stereocenters. The van der Waals surface area contributed by atoms with Crippen molar-refractivity contribution in [2.75, 3.05) is 21.3 Å². The molecule has 2 amide bonds. The molecule has 2 heterocycles.